The van der Waals surface area contributed by atoms with Gasteiger partial charge in [0.05, 0.1) is 11.7 Å². The highest BCUT2D eigenvalue weighted by molar-refractivity contribution is 4.98. The molecule has 0 bridgehead atoms. The van der Waals surface area contributed by atoms with Crippen LogP contribution in [0.15, 0.2) is 0 Å². The van der Waals surface area contributed by atoms with Crippen molar-refractivity contribution in [3.63, 3.8) is 0 Å². The van der Waals surface area contributed by atoms with Gasteiger partial charge in [0.1, 0.15) is 0 Å². The Labute approximate surface area is 67.0 Å². The molecule has 1 heterocycles. The Hall–Kier alpha value is -0.120. The summed E-state index contributed by atoms with van der Waals surface area (Å²) in [5, 5.41) is 19.1. The first-order valence-electron chi connectivity index (χ1n) is 3.82. The molecule has 2 atom stereocenters. The third kappa shape index (κ3) is 1.17. The molecule has 0 aromatic heterocycles. The third-order valence-corrected chi connectivity index (χ3v) is 2.42. The van der Waals surface area contributed by atoms with Crippen molar-refractivity contribution in [3.05, 3.63) is 0 Å². The molecule has 0 aromatic rings. The number of ether oxygens (including phenoxy) is 1. The molecule has 11 heavy (non-hydrogen) atoms. The van der Waals surface area contributed by atoms with Crippen LogP contribution in [0.2, 0.25) is 0 Å². The van der Waals surface area contributed by atoms with Crippen LogP contribution in [-0.2, 0) is 4.74 Å². The van der Waals surface area contributed by atoms with E-state index in [1.54, 1.807) is 27.7 Å². The quantitative estimate of drug-likeness (QED) is 0.542. The Morgan fingerprint density at radius 2 is 1.55 bits per heavy atom. The maximum absolute atomic E-state index is 9.67. The van der Waals surface area contributed by atoms with Gasteiger partial charge in [-0.25, -0.2) is 0 Å². The Morgan fingerprint density at radius 1 is 1.09 bits per heavy atom. The van der Waals surface area contributed by atoms with Gasteiger partial charge in [-0.3, -0.25) is 0 Å². The molecule has 0 amide bonds. The predicted molar refractivity (Wildman–Crippen MR) is 41.0 cm³/mol. The summed E-state index contributed by atoms with van der Waals surface area (Å²) in [5.74, 6) is 0. The second-order valence-corrected chi connectivity index (χ2v) is 4.30. The molecule has 66 valence electrons. The lowest BCUT2D eigenvalue weighted by atomic mass is 9.81. The van der Waals surface area contributed by atoms with Gasteiger partial charge in [0, 0.05) is 5.41 Å². The summed E-state index contributed by atoms with van der Waals surface area (Å²) < 4.78 is 5.18. The molecule has 3 nitrogen and oxygen atoms in total. The van der Waals surface area contributed by atoms with Crippen LogP contribution in [0.1, 0.15) is 27.7 Å². The summed E-state index contributed by atoms with van der Waals surface area (Å²) in [5.41, 5.74) is -1.20. The molecule has 3 heteroatoms. The van der Waals surface area contributed by atoms with Gasteiger partial charge in [-0.15, -0.1) is 0 Å². The first-order valence-corrected chi connectivity index (χ1v) is 3.82. The van der Waals surface area contributed by atoms with Gasteiger partial charge in [-0.05, 0) is 13.8 Å². The fourth-order valence-electron chi connectivity index (χ4n) is 1.53. The molecular formula is C8H16O3. The van der Waals surface area contributed by atoms with E-state index in [9.17, 15) is 10.2 Å². The van der Waals surface area contributed by atoms with Crippen molar-refractivity contribution < 1.29 is 14.9 Å². The Bertz CT molecular complexity index is 163. The molecular weight excluding hydrogens is 144 g/mol. The Balaban J connectivity index is 2.89. The van der Waals surface area contributed by atoms with Crippen molar-refractivity contribution >= 4 is 0 Å². The Kier molecular flexibility index (Phi) is 1.78. The zero-order chi connectivity index (χ0) is 8.86. The molecule has 1 aliphatic rings. The normalized spacial score (nSPS) is 40.9. The van der Waals surface area contributed by atoms with Crippen molar-refractivity contribution in [2.24, 2.45) is 5.41 Å². The van der Waals surface area contributed by atoms with Crippen LogP contribution in [0, 0.1) is 5.41 Å². The fourth-order valence-corrected chi connectivity index (χ4v) is 1.53. The second kappa shape index (κ2) is 2.19. The lowest BCUT2D eigenvalue weighted by molar-refractivity contribution is -0.151. The van der Waals surface area contributed by atoms with E-state index < -0.39 is 23.4 Å². The van der Waals surface area contributed by atoms with Crippen LogP contribution in [0.5, 0.6) is 0 Å². The molecule has 1 rings (SSSR count). The molecule has 2 N–H and O–H groups in total. The van der Waals surface area contributed by atoms with Gasteiger partial charge in [0.25, 0.3) is 0 Å². The van der Waals surface area contributed by atoms with E-state index in [0.29, 0.717) is 0 Å². The summed E-state index contributed by atoms with van der Waals surface area (Å²) in [7, 11) is 0. The molecule has 0 aromatic carbocycles. The monoisotopic (exact) mass is 160 g/mol. The maximum atomic E-state index is 9.67. The number of hydrogen-bond donors (Lipinski definition) is 2. The summed E-state index contributed by atoms with van der Waals surface area (Å²) in [6, 6.07) is 0. The summed E-state index contributed by atoms with van der Waals surface area (Å²) in [6.07, 6.45) is -1.49. The molecule has 1 saturated heterocycles. The lowest BCUT2D eigenvalue weighted by Crippen LogP contribution is -2.39. The van der Waals surface area contributed by atoms with E-state index in [2.05, 4.69) is 0 Å². The van der Waals surface area contributed by atoms with Crippen molar-refractivity contribution in [2.75, 3.05) is 0 Å². The molecule has 1 aliphatic heterocycles. The van der Waals surface area contributed by atoms with Gasteiger partial charge in [0.2, 0.25) is 0 Å². The molecule has 1 fully saturated rings. The largest absolute Gasteiger partial charge is 0.389 e. The minimum atomic E-state index is -0.868. The van der Waals surface area contributed by atoms with E-state index in [4.69, 9.17) is 4.74 Å². The predicted octanol–water partition coefficient (Wildman–Crippen LogP) is 0.501. The van der Waals surface area contributed by atoms with Gasteiger partial charge >= 0.3 is 0 Å². The van der Waals surface area contributed by atoms with Crippen LogP contribution < -0.4 is 0 Å². The Morgan fingerprint density at radius 3 is 1.64 bits per heavy atom. The van der Waals surface area contributed by atoms with Crippen molar-refractivity contribution in [1.29, 1.82) is 0 Å². The fraction of sp³-hybridized carbons (Fsp3) is 1.00. The summed E-state index contributed by atoms with van der Waals surface area (Å²) in [4.78, 5) is 0. The summed E-state index contributed by atoms with van der Waals surface area (Å²) >= 11 is 0. The minimum absolute atomic E-state index is 0.566. The van der Waals surface area contributed by atoms with Gasteiger partial charge < -0.3 is 14.9 Å². The molecule has 0 saturated carbocycles. The van der Waals surface area contributed by atoms with Crippen LogP contribution in [0.4, 0.5) is 0 Å². The SMILES string of the molecule is CC1(C)O[C@@H](O)C(C)(C)[C@H]1O. The highest BCUT2D eigenvalue weighted by atomic mass is 16.6. The van der Waals surface area contributed by atoms with E-state index in [1.807, 2.05) is 0 Å². The van der Waals surface area contributed by atoms with Gasteiger partial charge in [0.15, 0.2) is 6.29 Å². The topological polar surface area (TPSA) is 49.7 Å². The molecule has 0 spiro atoms. The average Bonchev–Trinajstić information content (AvgIpc) is 1.94. The van der Waals surface area contributed by atoms with E-state index in [1.165, 1.54) is 0 Å². The van der Waals surface area contributed by atoms with Gasteiger partial charge in [-0.2, -0.15) is 0 Å². The van der Waals surface area contributed by atoms with Gasteiger partial charge in [-0.1, -0.05) is 13.8 Å². The zero-order valence-electron chi connectivity index (χ0n) is 7.46. The second-order valence-electron chi connectivity index (χ2n) is 4.30. The first-order chi connectivity index (χ1) is 4.78. The maximum Gasteiger partial charge on any atom is 0.163 e. The van der Waals surface area contributed by atoms with E-state index >= 15 is 0 Å². The summed E-state index contributed by atoms with van der Waals surface area (Å²) in [6.45, 7) is 7.12. The van der Waals surface area contributed by atoms with Crippen LogP contribution in [0.3, 0.4) is 0 Å². The molecule has 0 unspecified atom stereocenters. The average molecular weight is 160 g/mol. The first kappa shape index (κ1) is 8.97. The molecule has 0 aliphatic carbocycles. The van der Waals surface area contributed by atoms with E-state index in [-0.39, 0.29) is 0 Å². The smallest absolute Gasteiger partial charge is 0.163 e. The van der Waals surface area contributed by atoms with Crippen molar-refractivity contribution in [1.82, 2.24) is 0 Å². The van der Waals surface area contributed by atoms with E-state index in [0.717, 1.165) is 0 Å². The molecule has 0 radical (unpaired) electrons. The number of hydrogen-bond acceptors (Lipinski definition) is 3. The zero-order valence-corrected chi connectivity index (χ0v) is 7.46. The van der Waals surface area contributed by atoms with Crippen molar-refractivity contribution in [2.45, 2.75) is 45.7 Å². The lowest BCUT2D eigenvalue weighted by Gasteiger charge is -2.27. The number of aliphatic hydroxyl groups excluding tert-OH is 2. The third-order valence-electron chi connectivity index (χ3n) is 2.42. The van der Waals surface area contributed by atoms with Crippen LogP contribution in [-0.4, -0.2) is 28.2 Å². The standard InChI is InChI=1S/C8H16O3/c1-7(2)5(9)8(3,4)11-6(7)10/h5-6,9-10H,1-4H3/t5-,6-/m1/s1. The number of aliphatic hydroxyl groups is 2. The highest BCUT2D eigenvalue weighted by Crippen LogP contribution is 2.42. The highest BCUT2D eigenvalue weighted by Gasteiger charge is 2.53. The number of rotatable bonds is 0. The van der Waals surface area contributed by atoms with Crippen LogP contribution in [0.25, 0.3) is 0 Å². The van der Waals surface area contributed by atoms with Crippen molar-refractivity contribution in [3.8, 4) is 0 Å². The minimum Gasteiger partial charge on any atom is -0.389 e. The van der Waals surface area contributed by atoms with Crippen LogP contribution >= 0.6 is 0 Å².